The lowest BCUT2D eigenvalue weighted by molar-refractivity contribution is -0.122. The Kier molecular flexibility index (Phi) is 7.87. The van der Waals surface area contributed by atoms with E-state index in [1.54, 1.807) is 6.92 Å². The highest BCUT2D eigenvalue weighted by Gasteiger charge is 2.17. The molecular weight excluding hydrogens is 298 g/mol. The van der Waals surface area contributed by atoms with Crippen molar-refractivity contribution in [2.75, 3.05) is 13.1 Å². The van der Waals surface area contributed by atoms with Gasteiger partial charge in [0.05, 0.1) is 6.04 Å². The monoisotopic (exact) mass is 325 g/mol. The molecule has 2 unspecified atom stereocenters. The topological polar surface area (TPSA) is 58.4 Å². The van der Waals surface area contributed by atoms with Crippen LogP contribution in [0.15, 0.2) is 24.3 Å². The Balaban J connectivity index is 0.00000242. The third-order valence-corrected chi connectivity index (χ3v) is 4.12. The maximum absolute atomic E-state index is 11.6. The van der Waals surface area contributed by atoms with Crippen LogP contribution in [0.4, 0.5) is 0 Å². The van der Waals surface area contributed by atoms with Crippen LogP contribution in [0.25, 0.3) is 0 Å². The zero-order chi connectivity index (χ0) is 15.2. The number of amides is 1. The summed E-state index contributed by atoms with van der Waals surface area (Å²) in [4.78, 5) is 14.1. The van der Waals surface area contributed by atoms with Crippen molar-refractivity contribution in [2.45, 2.75) is 45.8 Å². The van der Waals surface area contributed by atoms with Crippen LogP contribution < -0.4 is 11.1 Å². The zero-order valence-electron chi connectivity index (χ0n) is 13.5. The number of hydrogen-bond acceptors (Lipinski definition) is 3. The first-order valence-electron chi connectivity index (χ1n) is 7.88. The molecule has 1 amide bonds. The zero-order valence-corrected chi connectivity index (χ0v) is 14.4. The second kappa shape index (κ2) is 9.13. The van der Waals surface area contributed by atoms with E-state index in [1.165, 1.54) is 37.1 Å². The summed E-state index contributed by atoms with van der Waals surface area (Å²) in [6.45, 7) is 7.89. The van der Waals surface area contributed by atoms with Gasteiger partial charge in [-0.2, -0.15) is 0 Å². The first kappa shape index (κ1) is 18.9. The van der Waals surface area contributed by atoms with Gasteiger partial charge in [-0.25, -0.2) is 0 Å². The summed E-state index contributed by atoms with van der Waals surface area (Å²) in [6.07, 6.45) is 2.62. The summed E-state index contributed by atoms with van der Waals surface area (Å²) in [5, 5.41) is 2.90. The molecule has 0 spiro atoms. The third kappa shape index (κ3) is 5.59. The predicted octanol–water partition coefficient (Wildman–Crippen LogP) is 2.30. The van der Waals surface area contributed by atoms with Crippen LogP contribution in [0, 0.1) is 5.92 Å². The maximum atomic E-state index is 11.6. The van der Waals surface area contributed by atoms with E-state index >= 15 is 0 Å². The SMILES string of the molecule is CC1CCCN(Cc2ccccc2CNC(=O)C(C)N)C1.Cl. The predicted molar refractivity (Wildman–Crippen MR) is 92.9 cm³/mol. The van der Waals surface area contributed by atoms with E-state index in [-0.39, 0.29) is 18.3 Å². The van der Waals surface area contributed by atoms with Gasteiger partial charge in [0.25, 0.3) is 0 Å². The molecule has 0 aliphatic carbocycles. The van der Waals surface area contributed by atoms with Gasteiger partial charge in [-0.05, 0) is 43.4 Å². The molecule has 4 nitrogen and oxygen atoms in total. The van der Waals surface area contributed by atoms with Crippen molar-refractivity contribution in [3.8, 4) is 0 Å². The Bertz CT molecular complexity index is 479. The lowest BCUT2D eigenvalue weighted by Crippen LogP contribution is -2.38. The third-order valence-electron chi connectivity index (χ3n) is 4.12. The van der Waals surface area contributed by atoms with Gasteiger partial charge < -0.3 is 11.1 Å². The largest absolute Gasteiger partial charge is 0.351 e. The van der Waals surface area contributed by atoms with Gasteiger partial charge in [-0.15, -0.1) is 12.4 Å². The minimum absolute atomic E-state index is 0. The first-order valence-corrected chi connectivity index (χ1v) is 7.88. The fourth-order valence-corrected chi connectivity index (χ4v) is 2.90. The molecule has 1 aliphatic rings. The number of nitrogens with zero attached hydrogens (tertiary/aromatic N) is 1. The van der Waals surface area contributed by atoms with E-state index < -0.39 is 6.04 Å². The quantitative estimate of drug-likeness (QED) is 0.873. The molecule has 0 aromatic heterocycles. The van der Waals surface area contributed by atoms with Crippen molar-refractivity contribution in [2.24, 2.45) is 11.7 Å². The van der Waals surface area contributed by atoms with Gasteiger partial charge in [-0.1, -0.05) is 31.2 Å². The maximum Gasteiger partial charge on any atom is 0.236 e. The molecule has 0 bridgehead atoms. The normalized spacial score (nSPS) is 20.0. The second-order valence-corrected chi connectivity index (χ2v) is 6.26. The van der Waals surface area contributed by atoms with E-state index in [9.17, 15) is 4.79 Å². The molecule has 1 aromatic rings. The molecule has 0 radical (unpaired) electrons. The number of carbonyl (C=O) groups is 1. The van der Waals surface area contributed by atoms with Crippen LogP contribution in [0.3, 0.4) is 0 Å². The molecule has 22 heavy (non-hydrogen) atoms. The van der Waals surface area contributed by atoms with Crippen LogP contribution in [-0.4, -0.2) is 29.9 Å². The van der Waals surface area contributed by atoms with Crippen molar-refractivity contribution in [1.29, 1.82) is 0 Å². The average molecular weight is 326 g/mol. The fourth-order valence-electron chi connectivity index (χ4n) is 2.90. The Morgan fingerprint density at radius 3 is 2.73 bits per heavy atom. The molecule has 1 aliphatic heterocycles. The van der Waals surface area contributed by atoms with Crippen LogP contribution >= 0.6 is 12.4 Å². The summed E-state index contributed by atoms with van der Waals surface area (Å²) in [5.74, 6) is 0.681. The Morgan fingerprint density at radius 2 is 2.09 bits per heavy atom. The number of nitrogens with two attached hydrogens (primary N) is 1. The molecule has 0 saturated carbocycles. The molecule has 1 heterocycles. The molecule has 1 saturated heterocycles. The summed E-state index contributed by atoms with van der Waals surface area (Å²) in [6, 6.07) is 7.88. The summed E-state index contributed by atoms with van der Waals surface area (Å²) < 4.78 is 0. The van der Waals surface area contributed by atoms with Crippen LogP contribution in [0.5, 0.6) is 0 Å². The molecule has 3 N–H and O–H groups in total. The number of likely N-dealkylation sites (tertiary alicyclic amines) is 1. The molecular formula is C17H28ClN3O. The average Bonchev–Trinajstić information content (AvgIpc) is 2.46. The number of benzene rings is 1. The molecule has 2 rings (SSSR count). The van der Waals surface area contributed by atoms with E-state index in [1.807, 2.05) is 6.07 Å². The first-order chi connectivity index (χ1) is 10.1. The van der Waals surface area contributed by atoms with Crippen molar-refractivity contribution >= 4 is 18.3 Å². The fraction of sp³-hybridized carbons (Fsp3) is 0.588. The summed E-state index contributed by atoms with van der Waals surface area (Å²) >= 11 is 0. The van der Waals surface area contributed by atoms with Crippen LogP contribution in [0.2, 0.25) is 0 Å². The lowest BCUT2D eigenvalue weighted by atomic mass is 9.99. The minimum atomic E-state index is -0.458. The van der Waals surface area contributed by atoms with Crippen molar-refractivity contribution in [3.05, 3.63) is 35.4 Å². The van der Waals surface area contributed by atoms with Crippen molar-refractivity contribution < 1.29 is 4.79 Å². The van der Waals surface area contributed by atoms with Gasteiger partial charge in [0.15, 0.2) is 0 Å². The summed E-state index contributed by atoms with van der Waals surface area (Å²) in [7, 11) is 0. The number of halogens is 1. The molecule has 1 fully saturated rings. The van der Waals surface area contributed by atoms with E-state index in [0.717, 1.165) is 12.5 Å². The standard InChI is InChI=1S/C17H27N3O.ClH/c1-13-6-5-9-20(11-13)12-16-8-4-3-7-15(16)10-19-17(21)14(2)18;/h3-4,7-8,13-14H,5-6,9-12,18H2,1-2H3,(H,19,21);1H. The van der Waals surface area contributed by atoms with Crippen LogP contribution in [-0.2, 0) is 17.9 Å². The highest BCUT2D eigenvalue weighted by Crippen LogP contribution is 2.19. The molecule has 1 aromatic carbocycles. The van der Waals surface area contributed by atoms with Gasteiger partial charge in [-0.3, -0.25) is 9.69 Å². The molecule has 2 atom stereocenters. The smallest absolute Gasteiger partial charge is 0.236 e. The van der Waals surface area contributed by atoms with Crippen molar-refractivity contribution in [1.82, 2.24) is 10.2 Å². The van der Waals surface area contributed by atoms with Crippen LogP contribution in [0.1, 0.15) is 37.8 Å². The Morgan fingerprint density at radius 1 is 1.41 bits per heavy atom. The van der Waals surface area contributed by atoms with E-state index in [2.05, 4.69) is 35.3 Å². The summed E-state index contributed by atoms with van der Waals surface area (Å²) in [5.41, 5.74) is 8.07. The number of rotatable bonds is 5. The van der Waals surface area contributed by atoms with E-state index in [4.69, 9.17) is 5.73 Å². The number of nitrogens with one attached hydrogen (secondary N) is 1. The highest BCUT2D eigenvalue weighted by atomic mass is 35.5. The highest BCUT2D eigenvalue weighted by molar-refractivity contribution is 5.85. The minimum Gasteiger partial charge on any atom is -0.351 e. The van der Waals surface area contributed by atoms with Crippen molar-refractivity contribution in [3.63, 3.8) is 0 Å². The number of piperidine rings is 1. The molecule has 5 heteroatoms. The van der Waals surface area contributed by atoms with Gasteiger partial charge in [0.1, 0.15) is 0 Å². The number of hydrogen-bond donors (Lipinski definition) is 2. The Hall–Kier alpha value is -1.10. The number of carbonyl (C=O) groups excluding carboxylic acids is 1. The Labute approximate surface area is 139 Å². The van der Waals surface area contributed by atoms with Gasteiger partial charge in [0, 0.05) is 19.6 Å². The van der Waals surface area contributed by atoms with Gasteiger partial charge in [0.2, 0.25) is 5.91 Å². The second-order valence-electron chi connectivity index (χ2n) is 6.26. The molecule has 124 valence electrons. The van der Waals surface area contributed by atoms with E-state index in [0.29, 0.717) is 6.54 Å². The van der Waals surface area contributed by atoms with Gasteiger partial charge >= 0.3 is 0 Å². The lowest BCUT2D eigenvalue weighted by Gasteiger charge is -2.31.